The molecule has 4 fully saturated rings. The molecule has 4 aliphatic carbocycles. The molecule has 2 bridgehead atoms. The van der Waals surface area contributed by atoms with Crippen LogP contribution in [0, 0.1) is 23.2 Å². The number of carbonyl (C=O) groups is 2. The van der Waals surface area contributed by atoms with Crippen LogP contribution >= 0.6 is 0 Å². The average Bonchev–Trinajstić information content (AvgIpc) is 3.74. The molecule has 2 saturated carbocycles. The Hall–Kier alpha value is -3.15. The first-order chi connectivity index (χ1) is 22.2. The van der Waals surface area contributed by atoms with Crippen molar-refractivity contribution in [3.8, 4) is 0 Å². The Morgan fingerprint density at radius 1 is 1.15 bits per heavy atom. The number of likely N-dealkylation sites (tertiary alicyclic amines) is 1. The SMILES string of the molecule is CC(=O)OC(=C(OC(F)(F)F)C(=O)NC1(O)C=CC2=C3C1O[C@H]1CCC[C@H]4[C@@H](C2)[N+](CC(C)C)(CC2CC2)CC[C@]314)c1ccccc1. The highest BCUT2D eigenvalue weighted by molar-refractivity contribution is 5.99. The van der Waals surface area contributed by atoms with E-state index >= 15 is 0 Å². The van der Waals surface area contributed by atoms with Crippen LogP contribution in [0.15, 0.2) is 59.4 Å². The fraction of sp³-hybridized carbons (Fsp3) is 0.611. The van der Waals surface area contributed by atoms with E-state index in [1.54, 1.807) is 6.07 Å². The maximum Gasteiger partial charge on any atom is 0.573 e. The maximum absolute atomic E-state index is 13.8. The van der Waals surface area contributed by atoms with Gasteiger partial charge in [0.2, 0.25) is 5.76 Å². The molecule has 3 unspecified atom stereocenters. The molecule has 1 aromatic carbocycles. The summed E-state index contributed by atoms with van der Waals surface area (Å²) in [5, 5.41) is 14.6. The number of hydrogen-bond donors (Lipinski definition) is 2. The quantitative estimate of drug-likeness (QED) is 0.116. The van der Waals surface area contributed by atoms with Crippen molar-refractivity contribution in [2.24, 2.45) is 23.2 Å². The van der Waals surface area contributed by atoms with Gasteiger partial charge >= 0.3 is 12.3 Å². The lowest BCUT2D eigenvalue weighted by Gasteiger charge is -2.63. The Morgan fingerprint density at radius 2 is 1.89 bits per heavy atom. The number of rotatable bonds is 9. The third kappa shape index (κ3) is 5.61. The minimum Gasteiger partial charge on any atom is -0.422 e. The van der Waals surface area contributed by atoms with Gasteiger partial charge in [0.15, 0.2) is 11.5 Å². The average molecular weight is 658 g/mol. The first kappa shape index (κ1) is 32.4. The second-order valence-corrected chi connectivity index (χ2v) is 15.0. The van der Waals surface area contributed by atoms with Crippen LogP contribution in [0.1, 0.15) is 71.3 Å². The number of amides is 1. The van der Waals surface area contributed by atoms with Crippen molar-refractivity contribution in [2.75, 3.05) is 19.6 Å². The summed E-state index contributed by atoms with van der Waals surface area (Å²) >= 11 is 0. The van der Waals surface area contributed by atoms with Gasteiger partial charge in [-0.2, -0.15) is 0 Å². The zero-order valence-corrected chi connectivity index (χ0v) is 27.1. The number of carbonyl (C=O) groups excluding carboxylic acids is 2. The van der Waals surface area contributed by atoms with E-state index in [1.165, 1.54) is 49.7 Å². The smallest absolute Gasteiger partial charge is 0.422 e. The summed E-state index contributed by atoms with van der Waals surface area (Å²) in [5.41, 5.74) is -0.317. The molecule has 254 valence electrons. The number of allylic oxidation sites excluding steroid dienone is 1. The number of hydrogen-bond acceptors (Lipinski definition) is 6. The Morgan fingerprint density at radius 3 is 2.55 bits per heavy atom. The number of nitrogens with zero attached hydrogens (tertiary/aromatic N) is 1. The second-order valence-electron chi connectivity index (χ2n) is 15.0. The number of alkyl halides is 3. The summed E-state index contributed by atoms with van der Waals surface area (Å²) < 4.78 is 58.5. The first-order valence-electron chi connectivity index (χ1n) is 17.0. The van der Waals surface area contributed by atoms with Crippen LogP contribution in [0.25, 0.3) is 5.76 Å². The van der Waals surface area contributed by atoms with Gasteiger partial charge in [0.25, 0.3) is 5.91 Å². The van der Waals surface area contributed by atoms with Gasteiger partial charge in [0, 0.05) is 48.5 Å². The van der Waals surface area contributed by atoms with Crippen LogP contribution in [0.3, 0.4) is 0 Å². The van der Waals surface area contributed by atoms with E-state index in [4.69, 9.17) is 9.47 Å². The number of aliphatic hydroxyl groups is 1. The van der Waals surface area contributed by atoms with Gasteiger partial charge < -0.3 is 29.1 Å². The Balaban J connectivity index is 1.26. The zero-order chi connectivity index (χ0) is 33.4. The minimum atomic E-state index is -5.29. The standard InChI is InChI=1S/C36H43F3N2O6/c1-21(2)19-41(20-23-12-13-23)17-16-34-26-10-7-11-28(34)46-32-29(34)25(18-27(26)41)14-15-35(32,44)40-33(43)31(47-36(37,38)39)30(45-22(3)42)24-8-5-4-6-9-24/h4-6,8-9,14-15,21,23,26-28,32,44H,7,10-13,16-20H2,1-3H3/p+1/t26-,27+,28-,32?,34+,35?,41?/m0/s1. The van der Waals surface area contributed by atoms with Crippen molar-refractivity contribution < 1.29 is 46.6 Å². The van der Waals surface area contributed by atoms with Crippen LogP contribution in [0.2, 0.25) is 0 Å². The van der Waals surface area contributed by atoms with Crippen LogP contribution in [-0.2, 0) is 23.8 Å². The molecule has 1 spiro atoms. The van der Waals surface area contributed by atoms with Gasteiger partial charge in [-0.05, 0) is 42.9 Å². The summed E-state index contributed by atoms with van der Waals surface area (Å²) in [6.45, 7) is 9.00. The molecule has 2 aliphatic heterocycles. The summed E-state index contributed by atoms with van der Waals surface area (Å²) in [5.74, 6) is -2.63. The molecule has 11 heteroatoms. The Labute approximate surface area is 273 Å². The fourth-order valence-electron chi connectivity index (χ4n) is 9.92. The zero-order valence-electron chi connectivity index (χ0n) is 27.1. The molecular formula is C36H44F3N2O6+. The molecular weight excluding hydrogens is 613 g/mol. The molecule has 1 aromatic rings. The molecule has 2 saturated heterocycles. The van der Waals surface area contributed by atoms with Gasteiger partial charge in [-0.3, -0.25) is 9.59 Å². The van der Waals surface area contributed by atoms with Crippen LogP contribution < -0.4 is 5.32 Å². The predicted molar refractivity (Wildman–Crippen MR) is 165 cm³/mol. The monoisotopic (exact) mass is 657 g/mol. The van der Waals surface area contributed by atoms with Crippen LogP contribution in [0.5, 0.6) is 0 Å². The number of benzene rings is 1. The van der Waals surface area contributed by atoms with Gasteiger partial charge in [-0.15, -0.1) is 13.2 Å². The molecule has 7 atom stereocenters. The lowest BCUT2D eigenvalue weighted by atomic mass is 9.50. The summed E-state index contributed by atoms with van der Waals surface area (Å²) in [4.78, 5) is 25.8. The highest BCUT2D eigenvalue weighted by Crippen LogP contribution is 2.67. The van der Waals surface area contributed by atoms with Crippen molar-refractivity contribution in [1.82, 2.24) is 5.32 Å². The third-order valence-electron chi connectivity index (χ3n) is 11.4. The van der Waals surface area contributed by atoms with E-state index in [9.17, 15) is 27.9 Å². The lowest BCUT2D eigenvalue weighted by molar-refractivity contribution is -0.967. The molecule has 2 N–H and O–H groups in total. The third-order valence-corrected chi connectivity index (χ3v) is 11.4. The number of nitrogens with one attached hydrogen (secondary N) is 1. The molecule has 7 rings (SSSR count). The number of ether oxygens (including phenoxy) is 3. The van der Waals surface area contributed by atoms with Gasteiger partial charge in [-0.1, -0.05) is 56.7 Å². The Kier molecular flexibility index (Phi) is 7.91. The summed E-state index contributed by atoms with van der Waals surface area (Å²) in [7, 11) is 0. The topological polar surface area (TPSA) is 94.1 Å². The van der Waals surface area contributed by atoms with E-state index in [1.807, 2.05) is 6.08 Å². The lowest BCUT2D eigenvalue weighted by Crippen LogP contribution is -2.71. The van der Waals surface area contributed by atoms with E-state index in [0.29, 0.717) is 17.9 Å². The fourth-order valence-corrected chi connectivity index (χ4v) is 9.92. The Bertz CT molecular complexity index is 1530. The first-order valence-corrected chi connectivity index (χ1v) is 17.0. The van der Waals surface area contributed by atoms with Gasteiger partial charge in [0.05, 0.1) is 31.8 Å². The minimum absolute atomic E-state index is 0.0212. The summed E-state index contributed by atoms with van der Waals surface area (Å²) in [6, 6.07) is 7.90. The molecule has 2 heterocycles. The molecule has 0 aromatic heterocycles. The highest BCUT2D eigenvalue weighted by atomic mass is 19.4. The number of piperidine rings is 1. The number of halogens is 3. The maximum atomic E-state index is 13.8. The number of quaternary nitrogens is 1. The van der Waals surface area contributed by atoms with E-state index in [2.05, 4.69) is 23.9 Å². The van der Waals surface area contributed by atoms with Crippen molar-refractivity contribution in [2.45, 2.75) is 96.1 Å². The van der Waals surface area contributed by atoms with Crippen LogP contribution in [-0.4, -0.2) is 71.4 Å². The van der Waals surface area contributed by atoms with Crippen molar-refractivity contribution >= 4 is 17.6 Å². The second kappa shape index (κ2) is 11.5. The normalized spacial score (nSPS) is 36.1. The van der Waals surface area contributed by atoms with E-state index < -0.39 is 41.6 Å². The molecule has 0 radical (unpaired) electrons. The highest BCUT2D eigenvalue weighted by Gasteiger charge is 2.71. The van der Waals surface area contributed by atoms with E-state index in [-0.39, 0.29) is 17.1 Å². The van der Waals surface area contributed by atoms with Gasteiger partial charge in [-0.25, -0.2) is 0 Å². The molecule has 6 aliphatic rings. The van der Waals surface area contributed by atoms with Crippen molar-refractivity contribution in [1.29, 1.82) is 0 Å². The van der Waals surface area contributed by atoms with Crippen molar-refractivity contribution in [3.05, 3.63) is 65.0 Å². The predicted octanol–water partition coefficient (Wildman–Crippen LogP) is 5.74. The largest absolute Gasteiger partial charge is 0.573 e. The number of esters is 1. The molecule has 8 nitrogen and oxygen atoms in total. The summed E-state index contributed by atoms with van der Waals surface area (Å²) in [6.07, 6.45) is 4.12. The van der Waals surface area contributed by atoms with E-state index in [0.717, 1.165) is 73.7 Å². The van der Waals surface area contributed by atoms with Crippen molar-refractivity contribution in [3.63, 3.8) is 0 Å². The van der Waals surface area contributed by atoms with Gasteiger partial charge in [0.1, 0.15) is 6.10 Å². The van der Waals surface area contributed by atoms with Crippen LogP contribution in [0.4, 0.5) is 13.2 Å². The molecule has 47 heavy (non-hydrogen) atoms. The molecule has 1 amide bonds.